The van der Waals surface area contributed by atoms with E-state index < -0.39 is 12.1 Å². The van der Waals surface area contributed by atoms with Gasteiger partial charge in [-0.3, -0.25) is 4.79 Å². The predicted octanol–water partition coefficient (Wildman–Crippen LogP) is 2.16. The summed E-state index contributed by atoms with van der Waals surface area (Å²) < 4.78 is 36.4. The van der Waals surface area contributed by atoms with E-state index in [0.29, 0.717) is 15.0 Å². The molecule has 9 heteroatoms. The van der Waals surface area contributed by atoms with E-state index in [1.807, 2.05) is 0 Å². The molecule has 2 N–H and O–H groups in total. The van der Waals surface area contributed by atoms with E-state index in [2.05, 4.69) is 41.8 Å². The van der Waals surface area contributed by atoms with Crippen LogP contribution >= 0.6 is 31.9 Å². The lowest BCUT2D eigenvalue weighted by atomic mass is 10.3. The van der Waals surface area contributed by atoms with Gasteiger partial charge in [0, 0.05) is 13.0 Å². The van der Waals surface area contributed by atoms with Gasteiger partial charge in [-0.05, 0) is 31.9 Å². The highest BCUT2D eigenvalue weighted by atomic mass is 79.9. The Balaban J connectivity index is 2.42. The van der Waals surface area contributed by atoms with Crippen LogP contribution in [0.4, 0.5) is 13.2 Å². The molecule has 0 aliphatic heterocycles. The van der Waals surface area contributed by atoms with Crippen molar-refractivity contribution >= 4 is 37.8 Å². The van der Waals surface area contributed by atoms with Crippen molar-refractivity contribution in [2.75, 3.05) is 6.54 Å². The van der Waals surface area contributed by atoms with Gasteiger partial charge in [-0.15, -0.1) is 0 Å². The van der Waals surface area contributed by atoms with Gasteiger partial charge in [0.05, 0.1) is 5.69 Å². The third-order valence-electron chi connectivity index (χ3n) is 1.62. The summed E-state index contributed by atoms with van der Waals surface area (Å²) in [5.41, 5.74) is 0.606. The molecular formula is C7H6Br2F3N3O. The molecule has 0 saturated heterocycles. The van der Waals surface area contributed by atoms with E-state index in [0.717, 1.165) is 0 Å². The molecule has 0 aliphatic rings. The largest absolute Gasteiger partial charge is 0.471 e. The van der Waals surface area contributed by atoms with Gasteiger partial charge in [0.25, 0.3) is 0 Å². The zero-order chi connectivity index (χ0) is 12.3. The lowest BCUT2D eigenvalue weighted by Gasteiger charge is -2.06. The highest BCUT2D eigenvalue weighted by molar-refractivity contribution is 9.11. The third-order valence-corrected chi connectivity index (χ3v) is 2.65. The van der Waals surface area contributed by atoms with E-state index in [1.54, 1.807) is 5.32 Å². The molecule has 1 heterocycles. The second-order valence-electron chi connectivity index (χ2n) is 2.80. The van der Waals surface area contributed by atoms with Gasteiger partial charge in [0.1, 0.15) is 4.60 Å². The van der Waals surface area contributed by atoms with E-state index >= 15 is 0 Å². The van der Waals surface area contributed by atoms with Crippen LogP contribution in [0.15, 0.2) is 9.34 Å². The number of amides is 1. The molecule has 1 amide bonds. The summed E-state index contributed by atoms with van der Waals surface area (Å²) >= 11 is 6.19. The van der Waals surface area contributed by atoms with Gasteiger partial charge in [0.2, 0.25) is 0 Å². The molecule has 0 aliphatic carbocycles. The first-order valence-electron chi connectivity index (χ1n) is 4.05. The number of rotatable bonds is 3. The molecule has 0 saturated carbocycles. The molecule has 90 valence electrons. The van der Waals surface area contributed by atoms with Crippen LogP contribution in [0.2, 0.25) is 0 Å². The van der Waals surface area contributed by atoms with Gasteiger partial charge in [-0.2, -0.15) is 13.2 Å². The molecule has 0 spiro atoms. The normalized spacial score (nSPS) is 11.6. The summed E-state index contributed by atoms with van der Waals surface area (Å²) in [5, 5.41) is 1.76. The van der Waals surface area contributed by atoms with Gasteiger partial charge >= 0.3 is 12.1 Å². The van der Waals surface area contributed by atoms with Crippen LogP contribution in [0.25, 0.3) is 0 Å². The van der Waals surface area contributed by atoms with Crippen LogP contribution < -0.4 is 5.32 Å². The topological polar surface area (TPSA) is 57.8 Å². The number of halogens is 5. The zero-order valence-electron chi connectivity index (χ0n) is 7.66. The van der Waals surface area contributed by atoms with E-state index in [4.69, 9.17) is 0 Å². The van der Waals surface area contributed by atoms with Crippen LogP contribution in [-0.2, 0) is 11.2 Å². The number of carbonyl (C=O) groups is 1. The van der Waals surface area contributed by atoms with E-state index in [-0.39, 0.29) is 13.0 Å². The van der Waals surface area contributed by atoms with Crippen LogP contribution in [-0.4, -0.2) is 28.6 Å². The molecule has 0 aromatic carbocycles. The minimum Gasteiger partial charge on any atom is -0.348 e. The molecule has 0 bridgehead atoms. The van der Waals surface area contributed by atoms with Crippen LogP contribution in [0.1, 0.15) is 5.69 Å². The van der Waals surface area contributed by atoms with Crippen LogP contribution in [0, 0.1) is 0 Å². The van der Waals surface area contributed by atoms with Crippen molar-refractivity contribution in [2.24, 2.45) is 0 Å². The van der Waals surface area contributed by atoms with Crippen molar-refractivity contribution in [1.29, 1.82) is 0 Å². The van der Waals surface area contributed by atoms with Gasteiger partial charge < -0.3 is 10.3 Å². The number of H-pyrrole nitrogens is 1. The highest BCUT2D eigenvalue weighted by Gasteiger charge is 2.38. The fraction of sp³-hybridized carbons (Fsp3) is 0.429. The fourth-order valence-electron chi connectivity index (χ4n) is 0.925. The van der Waals surface area contributed by atoms with E-state index in [1.165, 1.54) is 0 Å². The van der Waals surface area contributed by atoms with Crippen molar-refractivity contribution in [3.05, 3.63) is 15.0 Å². The summed E-state index contributed by atoms with van der Waals surface area (Å²) in [4.78, 5) is 17.1. The molecule has 0 fully saturated rings. The SMILES string of the molecule is O=C(NCCc1[nH]c(Br)nc1Br)C(F)(F)F. The first-order chi connectivity index (χ1) is 7.30. The fourth-order valence-corrected chi connectivity index (χ4v) is 2.05. The molecule has 16 heavy (non-hydrogen) atoms. The predicted molar refractivity (Wildman–Crippen MR) is 56.8 cm³/mol. The quantitative estimate of drug-likeness (QED) is 0.863. The number of alkyl halides is 3. The van der Waals surface area contributed by atoms with Crippen molar-refractivity contribution in [2.45, 2.75) is 12.6 Å². The number of hydrogen-bond acceptors (Lipinski definition) is 2. The summed E-state index contributed by atoms with van der Waals surface area (Å²) in [7, 11) is 0. The maximum Gasteiger partial charge on any atom is 0.471 e. The van der Waals surface area contributed by atoms with Crippen molar-refractivity contribution < 1.29 is 18.0 Å². The summed E-state index contributed by atoms with van der Waals surface area (Å²) in [6, 6.07) is 0. The minimum atomic E-state index is -4.84. The lowest BCUT2D eigenvalue weighted by Crippen LogP contribution is -2.37. The maximum atomic E-state index is 11.8. The second-order valence-corrected chi connectivity index (χ2v) is 4.30. The molecule has 0 radical (unpaired) electrons. The molecule has 1 rings (SSSR count). The first-order valence-corrected chi connectivity index (χ1v) is 5.64. The summed E-state index contributed by atoms with van der Waals surface area (Å²) in [6.07, 6.45) is -4.62. The van der Waals surface area contributed by atoms with Gasteiger partial charge in [-0.25, -0.2) is 4.98 Å². The monoisotopic (exact) mass is 363 g/mol. The average Bonchev–Trinajstić information content (AvgIpc) is 2.43. The van der Waals surface area contributed by atoms with Gasteiger partial charge in [-0.1, -0.05) is 0 Å². The second kappa shape index (κ2) is 5.17. The third kappa shape index (κ3) is 3.78. The molecular weight excluding hydrogens is 359 g/mol. The van der Waals surface area contributed by atoms with Crippen molar-refractivity contribution in [3.63, 3.8) is 0 Å². The number of aromatic nitrogens is 2. The molecule has 0 atom stereocenters. The zero-order valence-corrected chi connectivity index (χ0v) is 10.8. The standard InChI is InChI=1S/C7H6Br2F3N3O/c8-4-3(14-6(9)15-4)1-2-13-5(16)7(10,11)12/h1-2H2,(H,13,16)(H,14,15). The number of hydrogen-bond donors (Lipinski definition) is 2. The lowest BCUT2D eigenvalue weighted by molar-refractivity contribution is -0.173. The number of imidazole rings is 1. The first kappa shape index (κ1) is 13.5. The molecule has 1 aromatic heterocycles. The Morgan fingerprint density at radius 3 is 2.50 bits per heavy atom. The Morgan fingerprint density at radius 1 is 1.44 bits per heavy atom. The van der Waals surface area contributed by atoms with Crippen molar-refractivity contribution in [1.82, 2.24) is 15.3 Å². The van der Waals surface area contributed by atoms with Crippen molar-refractivity contribution in [3.8, 4) is 0 Å². The Labute approximate surface area is 105 Å². The highest BCUT2D eigenvalue weighted by Crippen LogP contribution is 2.17. The Hall–Kier alpha value is -0.570. The summed E-state index contributed by atoms with van der Waals surface area (Å²) in [6.45, 7) is -0.119. The van der Waals surface area contributed by atoms with Crippen LogP contribution in [0.5, 0.6) is 0 Å². The summed E-state index contributed by atoms with van der Waals surface area (Å²) in [5.74, 6) is -1.94. The number of nitrogens with zero attached hydrogens (tertiary/aromatic N) is 1. The Bertz CT molecular complexity index is 391. The number of aromatic amines is 1. The minimum absolute atomic E-state index is 0.119. The van der Waals surface area contributed by atoms with Crippen LogP contribution in [0.3, 0.4) is 0 Å². The molecule has 0 unspecified atom stereocenters. The van der Waals surface area contributed by atoms with E-state index in [9.17, 15) is 18.0 Å². The number of nitrogens with one attached hydrogen (secondary N) is 2. The molecule has 1 aromatic rings. The molecule has 4 nitrogen and oxygen atoms in total. The average molecular weight is 365 g/mol. The Morgan fingerprint density at radius 2 is 2.06 bits per heavy atom. The smallest absolute Gasteiger partial charge is 0.348 e. The Kier molecular flexibility index (Phi) is 4.36. The maximum absolute atomic E-state index is 11.8. The number of carbonyl (C=O) groups excluding carboxylic acids is 1. The van der Waals surface area contributed by atoms with Gasteiger partial charge in [0.15, 0.2) is 4.73 Å².